The molecule has 3 saturated heterocycles. The zero-order valence-electron chi connectivity index (χ0n) is 38.2. The first kappa shape index (κ1) is 52.0. The number of Topliss-reactive ketones (excluding diaryl/α,β-unsaturated/α-hetero) is 1. The number of ketones is 1. The number of ether oxygens (including phenoxy) is 8. The van der Waals surface area contributed by atoms with E-state index in [0.29, 0.717) is 6.42 Å². The number of methoxy groups -OCH3 is 1. The number of likely N-dealkylation sites (N-methyl/N-ethyl adjacent to an activating group) is 1. The Kier molecular flexibility index (Phi) is 18.5. The van der Waals surface area contributed by atoms with Crippen LogP contribution in [0.5, 0.6) is 0 Å². The fourth-order valence-corrected chi connectivity index (χ4v) is 9.17. The largest absolute Gasteiger partial charge is 0.466 e. The van der Waals surface area contributed by atoms with Crippen LogP contribution in [-0.4, -0.2) is 161 Å². The minimum absolute atomic E-state index is 0.0431. The summed E-state index contributed by atoms with van der Waals surface area (Å²) in [5.41, 5.74) is -5.06. The van der Waals surface area contributed by atoms with Gasteiger partial charge in [0.1, 0.15) is 23.6 Å². The monoisotopic (exact) mass is 862 g/mol. The Morgan fingerprint density at radius 3 is 2.03 bits per heavy atom. The summed E-state index contributed by atoms with van der Waals surface area (Å²) in [5, 5.41) is 46.8. The zero-order chi connectivity index (χ0) is 45.7. The SMILES string of the molecule is CCOC(=O)CCC(=O)OC1C(O[C@@H]2[C@@H](C)[C@H](OC3CC(C)(OC)C(O)C(C)O3)[C@@H](C)C(=O)O[C@H](CC)[C@@](C)(O)[C@H](O)[C@@H](C)C(=O)[C@H](C)C[C@@]2(C)O)OC(C)CC1N(C)C. The molecule has 0 aliphatic carbocycles. The Bertz CT molecular complexity index is 1440. The molecule has 0 saturated carbocycles. The molecule has 0 aromatic heterocycles. The second-order valence-electron chi connectivity index (χ2n) is 18.2. The maximum atomic E-state index is 14.3. The van der Waals surface area contributed by atoms with E-state index in [2.05, 4.69) is 0 Å². The van der Waals surface area contributed by atoms with Crippen LogP contribution in [0.25, 0.3) is 0 Å². The first-order chi connectivity index (χ1) is 27.8. The smallest absolute Gasteiger partial charge is 0.311 e. The summed E-state index contributed by atoms with van der Waals surface area (Å²) < 4.78 is 48.8. The lowest BCUT2D eigenvalue weighted by Gasteiger charge is -2.49. The van der Waals surface area contributed by atoms with E-state index in [1.165, 1.54) is 27.9 Å². The highest BCUT2D eigenvalue weighted by Crippen LogP contribution is 2.41. The number of aliphatic hydroxyl groups excluding tert-OH is 2. The van der Waals surface area contributed by atoms with Crippen LogP contribution in [0.2, 0.25) is 0 Å². The van der Waals surface area contributed by atoms with Crippen molar-refractivity contribution in [1.82, 2.24) is 4.90 Å². The summed E-state index contributed by atoms with van der Waals surface area (Å²) in [5.74, 6) is -6.64. The molecule has 60 heavy (non-hydrogen) atoms. The van der Waals surface area contributed by atoms with Crippen molar-refractivity contribution in [2.75, 3.05) is 27.8 Å². The summed E-state index contributed by atoms with van der Waals surface area (Å²) in [4.78, 5) is 55.6. The van der Waals surface area contributed by atoms with Crippen LogP contribution in [0.1, 0.15) is 115 Å². The van der Waals surface area contributed by atoms with Gasteiger partial charge in [-0.05, 0) is 81.8 Å². The molecule has 0 bridgehead atoms. The molecule has 0 spiro atoms. The summed E-state index contributed by atoms with van der Waals surface area (Å²) in [6, 6.07) is -0.443. The molecular weight excluding hydrogens is 786 g/mol. The van der Waals surface area contributed by atoms with Crippen LogP contribution in [0.3, 0.4) is 0 Å². The molecule has 8 unspecified atom stereocenters. The highest BCUT2D eigenvalue weighted by atomic mass is 16.7. The first-order valence-corrected chi connectivity index (χ1v) is 21.5. The summed E-state index contributed by atoms with van der Waals surface area (Å²) in [6.07, 6.45) is -11.1. The van der Waals surface area contributed by atoms with Crippen molar-refractivity contribution in [3.05, 3.63) is 0 Å². The minimum atomic E-state index is -2.04. The number of aliphatic hydroxyl groups is 4. The van der Waals surface area contributed by atoms with Crippen molar-refractivity contribution in [2.45, 2.75) is 199 Å². The van der Waals surface area contributed by atoms with Crippen molar-refractivity contribution in [2.24, 2.45) is 23.7 Å². The Balaban J connectivity index is 2.22. The van der Waals surface area contributed by atoms with Crippen LogP contribution in [0, 0.1) is 23.7 Å². The van der Waals surface area contributed by atoms with Gasteiger partial charge in [0.15, 0.2) is 18.7 Å². The highest BCUT2D eigenvalue weighted by Gasteiger charge is 2.54. The van der Waals surface area contributed by atoms with E-state index in [9.17, 15) is 39.6 Å². The standard InChI is InChI=1S/C43H75NO16/c1-15-29-43(11,52)36(48)24(5)33(47)22(3)20-41(9,51)38(25(6)34(26(7)39(50)57-29)59-32-21-42(10,53-14)37(49)27(8)56-32)60-40-35(28(44(12)13)19-23(4)55-40)58-31(46)18-17-30(45)54-16-2/h22-29,32,34-38,40,48-49,51-52H,15-21H2,1-14H3/t22-,23?,24+,25+,26-,27?,28?,29-,32?,34+,35?,36-,37?,38-,40?,41-,42?,43-/m1/s1. The summed E-state index contributed by atoms with van der Waals surface area (Å²) in [7, 11) is 5.09. The molecule has 17 heteroatoms. The van der Waals surface area contributed by atoms with E-state index >= 15 is 0 Å². The predicted molar refractivity (Wildman–Crippen MR) is 216 cm³/mol. The molecule has 0 radical (unpaired) electrons. The van der Waals surface area contributed by atoms with Crippen LogP contribution in [0.4, 0.5) is 0 Å². The number of hydrogen-bond donors (Lipinski definition) is 4. The van der Waals surface area contributed by atoms with Gasteiger partial charge in [0.25, 0.3) is 0 Å². The van der Waals surface area contributed by atoms with Gasteiger partial charge in [-0.15, -0.1) is 0 Å². The van der Waals surface area contributed by atoms with Crippen LogP contribution in [-0.2, 0) is 57.1 Å². The van der Waals surface area contributed by atoms with Gasteiger partial charge in [0.2, 0.25) is 0 Å². The summed E-state index contributed by atoms with van der Waals surface area (Å²) >= 11 is 0. The van der Waals surface area contributed by atoms with Gasteiger partial charge in [-0.2, -0.15) is 0 Å². The Morgan fingerprint density at radius 1 is 0.850 bits per heavy atom. The van der Waals surface area contributed by atoms with Gasteiger partial charge in [-0.1, -0.05) is 27.7 Å². The van der Waals surface area contributed by atoms with E-state index < -0.39 is 132 Å². The normalized spacial score (nSPS) is 43.8. The van der Waals surface area contributed by atoms with Crippen molar-refractivity contribution >= 4 is 23.7 Å². The lowest BCUT2D eigenvalue weighted by molar-refractivity contribution is -0.319. The van der Waals surface area contributed by atoms with E-state index in [1.807, 2.05) is 25.9 Å². The fourth-order valence-electron chi connectivity index (χ4n) is 9.17. The number of hydrogen-bond acceptors (Lipinski definition) is 17. The molecule has 0 aromatic carbocycles. The second-order valence-corrected chi connectivity index (χ2v) is 18.2. The van der Waals surface area contributed by atoms with Crippen LogP contribution >= 0.6 is 0 Å². The Morgan fingerprint density at radius 2 is 1.47 bits per heavy atom. The van der Waals surface area contributed by atoms with Crippen molar-refractivity contribution < 1.29 is 77.5 Å². The molecule has 18 atom stereocenters. The second kappa shape index (κ2) is 21.4. The maximum Gasteiger partial charge on any atom is 0.311 e. The maximum absolute atomic E-state index is 14.3. The molecule has 348 valence electrons. The fraction of sp³-hybridized carbons (Fsp3) is 0.907. The van der Waals surface area contributed by atoms with E-state index in [1.54, 1.807) is 48.5 Å². The van der Waals surface area contributed by atoms with Crippen molar-refractivity contribution in [3.63, 3.8) is 0 Å². The average Bonchev–Trinajstić information content (AvgIpc) is 3.17. The quantitative estimate of drug-likeness (QED) is 0.163. The van der Waals surface area contributed by atoms with E-state index in [-0.39, 0.29) is 38.7 Å². The molecule has 3 aliphatic rings. The molecule has 3 fully saturated rings. The molecule has 0 aromatic rings. The molecule has 3 aliphatic heterocycles. The lowest BCUT2D eigenvalue weighted by Crippen LogP contribution is -2.61. The number of cyclic esters (lactones) is 1. The molecular formula is C43H75NO16. The topological polar surface area (TPSA) is 226 Å². The number of carbonyl (C=O) groups excluding carboxylic acids is 4. The van der Waals surface area contributed by atoms with Gasteiger partial charge < -0.3 is 63.2 Å². The van der Waals surface area contributed by atoms with Gasteiger partial charge in [0.05, 0.1) is 73.1 Å². The number of rotatable bonds is 12. The average molecular weight is 862 g/mol. The number of carbonyl (C=O) groups is 4. The van der Waals surface area contributed by atoms with Gasteiger partial charge in [0, 0.05) is 31.3 Å². The van der Waals surface area contributed by atoms with Crippen molar-refractivity contribution in [3.8, 4) is 0 Å². The van der Waals surface area contributed by atoms with Crippen molar-refractivity contribution in [1.29, 1.82) is 0 Å². The van der Waals surface area contributed by atoms with Gasteiger partial charge in [-0.3, -0.25) is 19.2 Å². The minimum Gasteiger partial charge on any atom is -0.466 e. The Hall–Kier alpha value is -2.32. The van der Waals surface area contributed by atoms with Crippen LogP contribution < -0.4 is 0 Å². The predicted octanol–water partition coefficient (Wildman–Crippen LogP) is 2.68. The third-order valence-corrected chi connectivity index (χ3v) is 12.9. The number of esters is 3. The molecule has 4 N–H and O–H groups in total. The molecule has 3 heterocycles. The van der Waals surface area contributed by atoms with E-state index in [4.69, 9.17) is 37.9 Å². The van der Waals surface area contributed by atoms with Gasteiger partial charge >= 0.3 is 17.9 Å². The van der Waals surface area contributed by atoms with Crippen LogP contribution in [0.15, 0.2) is 0 Å². The molecule has 3 rings (SSSR count). The first-order valence-electron chi connectivity index (χ1n) is 21.5. The molecule has 0 amide bonds. The third kappa shape index (κ3) is 12.2. The third-order valence-electron chi connectivity index (χ3n) is 12.9. The molecule has 17 nitrogen and oxygen atoms in total. The Labute approximate surface area is 356 Å². The van der Waals surface area contributed by atoms with Gasteiger partial charge in [-0.25, -0.2) is 0 Å². The number of nitrogens with zero attached hydrogens (tertiary/aromatic N) is 1. The summed E-state index contributed by atoms with van der Waals surface area (Å²) in [6.45, 7) is 17.9. The zero-order valence-corrected chi connectivity index (χ0v) is 38.2. The highest BCUT2D eigenvalue weighted by molar-refractivity contribution is 5.83. The van der Waals surface area contributed by atoms with E-state index in [0.717, 1.165) is 0 Å². The lowest BCUT2D eigenvalue weighted by atomic mass is 9.74.